The smallest absolute Gasteiger partial charge is 0.246 e. The van der Waals surface area contributed by atoms with Gasteiger partial charge in [-0.3, -0.25) is 4.79 Å². The van der Waals surface area contributed by atoms with E-state index in [4.69, 9.17) is 5.73 Å². The second-order valence-electron chi connectivity index (χ2n) is 4.68. The Morgan fingerprint density at radius 3 is 2.29 bits per heavy atom. The van der Waals surface area contributed by atoms with Crippen LogP contribution in [0.15, 0.2) is 17.0 Å². The van der Waals surface area contributed by atoms with Crippen molar-refractivity contribution in [1.82, 2.24) is 10.0 Å². The maximum absolute atomic E-state index is 13.5. The average molecular weight is 321 g/mol. The highest BCUT2D eigenvalue weighted by molar-refractivity contribution is 7.89. The Kier molecular flexibility index (Phi) is 5.62. The van der Waals surface area contributed by atoms with Gasteiger partial charge >= 0.3 is 0 Å². The largest absolute Gasteiger partial charge is 0.399 e. The fourth-order valence-electron chi connectivity index (χ4n) is 1.60. The van der Waals surface area contributed by atoms with Crippen LogP contribution < -0.4 is 15.8 Å². The minimum atomic E-state index is -4.40. The molecule has 0 atom stereocenters. The summed E-state index contributed by atoms with van der Waals surface area (Å²) >= 11 is 0. The van der Waals surface area contributed by atoms with Gasteiger partial charge in [0.1, 0.15) is 11.6 Å². The molecule has 1 rings (SSSR count). The minimum absolute atomic E-state index is 0.0823. The number of nitrogens with two attached hydrogens (primary N) is 1. The number of anilines is 1. The number of hydrogen-bond acceptors (Lipinski definition) is 4. The number of hydrogen-bond donors (Lipinski definition) is 3. The van der Waals surface area contributed by atoms with E-state index in [0.717, 1.165) is 0 Å². The predicted molar refractivity (Wildman–Crippen MR) is 73.9 cm³/mol. The molecule has 1 aromatic carbocycles. The molecule has 0 unspecified atom stereocenters. The summed E-state index contributed by atoms with van der Waals surface area (Å²) in [4.78, 5) is 10.2. The molecule has 9 heteroatoms. The highest BCUT2D eigenvalue weighted by Crippen LogP contribution is 2.21. The highest BCUT2D eigenvalue weighted by Gasteiger charge is 2.24. The van der Waals surface area contributed by atoms with Crippen molar-refractivity contribution in [3.8, 4) is 0 Å². The Morgan fingerprint density at radius 1 is 1.29 bits per heavy atom. The van der Waals surface area contributed by atoms with Gasteiger partial charge in [-0.1, -0.05) is 0 Å². The van der Waals surface area contributed by atoms with Gasteiger partial charge in [-0.2, -0.15) is 0 Å². The lowest BCUT2D eigenvalue weighted by molar-refractivity contribution is -0.121. The van der Waals surface area contributed by atoms with Gasteiger partial charge in [0.05, 0.1) is 0 Å². The second kappa shape index (κ2) is 6.81. The van der Waals surface area contributed by atoms with E-state index < -0.39 is 26.6 Å². The maximum atomic E-state index is 13.5. The Balaban J connectivity index is 2.77. The SMILES string of the molecule is CC(C)NC(=O)CCNS(=O)(=O)c1c(F)cc(N)cc1F. The standard InChI is InChI=1S/C12H17F2N3O3S/c1-7(2)17-11(18)3-4-16-21(19,20)12-9(13)5-8(15)6-10(12)14/h5-7,16H,3-4,15H2,1-2H3,(H,17,18). The molecule has 21 heavy (non-hydrogen) atoms. The first-order valence-corrected chi connectivity index (χ1v) is 7.65. The molecule has 0 fully saturated rings. The number of benzene rings is 1. The molecule has 0 saturated carbocycles. The van der Waals surface area contributed by atoms with E-state index in [2.05, 4.69) is 5.32 Å². The van der Waals surface area contributed by atoms with Crippen molar-refractivity contribution in [2.45, 2.75) is 31.2 Å². The lowest BCUT2D eigenvalue weighted by atomic mass is 10.3. The molecule has 0 radical (unpaired) electrons. The lowest BCUT2D eigenvalue weighted by Gasteiger charge is -2.10. The summed E-state index contributed by atoms with van der Waals surface area (Å²) in [6.07, 6.45) is -0.143. The molecule has 0 heterocycles. The number of carbonyl (C=O) groups is 1. The van der Waals surface area contributed by atoms with E-state index in [1.165, 1.54) is 0 Å². The molecule has 1 amide bonds. The van der Waals surface area contributed by atoms with Gasteiger partial charge in [0.25, 0.3) is 0 Å². The third kappa shape index (κ3) is 4.94. The number of rotatable bonds is 6. The summed E-state index contributed by atoms with van der Waals surface area (Å²) in [6.45, 7) is 3.23. The zero-order valence-corrected chi connectivity index (χ0v) is 12.4. The molecular weight excluding hydrogens is 304 g/mol. The first-order valence-electron chi connectivity index (χ1n) is 6.17. The van der Waals surface area contributed by atoms with Gasteiger partial charge in [0.15, 0.2) is 4.90 Å². The molecule has 6 nitrogen and oxygen atoms in total. The summed E-state index contributed by atoms with van der Waals surface area (Å²) in [7, 11) is -4.40. The van der Waals surface area contributed by atoms with Crippen LogP contribution in [0.2, 0.25) is 0 Å². The van der Waals surface area contributed by atoms with E-state index in [-0.39, 0.29) is 30.6 Å². The van der Waals surface area contributed by atoms with Gasteiger partial charge in [-0.15, -0.1) is 0 Å². The second-order valence-corrected chi connectivity index (χ2v) is 6.39. The predicted octanol–water partition coefficient (Wildman–Crippen LogP) is 0.740. The summed E-state index contributed by atoms with van der Waals surface area (Å²) in [5, 5.41) is 2.56. The molecule has 0 bridgehead atoms. The van der Waals surface area contributed by atoms with Gasteiger partial charge < -0.3 is 11.1 Å². The molecular formula is C12H17F2N3O3S. The first-order chi connectivity index (χ1) is 9.63. The molecule has 0 spiro atoms. The van der Waals surface area contributed by atoms with Crippen LogP contribution in [0, 0.1) is 11.6 Å². The first kappa shape index (κ1) is 17.3. The Hall–Kier alpha value is -1.74. The molecule has 0 aliphatic carbocycles. The monoisotopic (exact) mass is 321 g/mol. The third-order valence-electron chi connectivity index (χ3n) is 2.38. The zero-order chi connectivity index (χ0) is 16.2. The maximum Gasteiger partial charge on any atom is 0.246 e. The van der Waals surface area contributed by atoms with Crippen LogP contribution in [-0.4, -0.2) is 26.9 Å². The van der Waals surface area contributed by atoms with E-state index in [1.54, 1.807) is 13.8 Å². The van der Waals surface area contributed by atoms with Crippen molar-refractivity contribution < 1.29 is 22.0 Å². The number of carbonyl (C=O) groups excluding carboxylic acids is 1. The lowest BCUT2D eigenvalue weighted by Crippen LogP contribution is -2.34. The summed E-state index contributed by atoms with van der Waals surface area (Å²) in [5.41, 5.74) is 4.99. The van der Waals surface area contributed by atoms with Crippen LogP contribution >= 0.6 is 0 Å². The third-order valence-corrected chi connectivity index (χ3v) is 3.89. The molecule has 0 saturated heterocycles. The van der Waals surface area contributed by atoms with Gasteiger partial charge in [-0.25, -0.2) is 21.9 Å². The van der Waals surface area contributed by atoms with Crippen LogP contribution in [0.5, 0.6) is 0 Å². The van der Waals surface area contributed by atoms with E-state index in [1.807, 2.05) is 4.72 Å². The molecule has 0 aromatic heterocycles. The fourth-order valence-corrected chi connectivity index (χ4v) is 2.75. The zero-order valence-electron chi connectivity index (χ0n) is 11.6. The Bertz CT molecular complexity index is 610. The van der Waals surface area contributed by atoms with Gasteiger partial charge in [0.2, 0.25) is 15.9 Å². The van der Waals surface area contributed by atoms with Gasteiger partial charge in [-0.05, 0) is 26.0 Å². The fraction of sp³-hybridized carbons (Fsp3) is 0.417. The van der Waals surface area contributed by atoms with Crippen molar-refractivity contribution in [3.63, 3.8) is 0 Å². The molecule has 118 valence electrons. The summed E-state index contributed by atoms with van der Waals surface area (Å²) < 4.78 is 52.7. The molecule has 0 aliphatic rings. The average Bonchev–Trinajstić information content (AvgIpc) is 2.24. The normalized spacial score (nSPS) is 11.7. The van der Waals surface area contributed by atoms with Crippen molar-refractivity contribution in [1.29, 1.82) is 0 Å². The number of amides is 1. The van der Waals surface area contributed by atoms with Crippen molar-refractivity contribution in [3.05, 3.63) is 23.8 Å². The molecule has 0 aliphatic heterocycles. The van der Waals surface area contributed by atoms with Crippen LogP contribution in [-0.2, 0) is 14.8 Å². The number of nitrogens with one attached hydrogen (secondary N) is 2. The topological polar surface area (TPSA) is 101 Å². The number of sulfonamides is 1. The van der Waals surface area contributed by atoms with Crippen molar-refractivity contribution in [2.24, 2.45) is 0 Å². The minimum Gasteiger partial charge on any atom is -0.399 e. The highest BCUT2D eigenvalue weighted by atomic mass is 32.2. The number of nitrogen functional groups attached to an aromatic ring is 1. The van der Waals surface area contributed by atoms with Crippen LogP contribution in [0.4, 0.5) is 14.5 Å². The van der Waals surface area contributed by atoms with Crippen LogP contribution in [0.1, 0.15) is 20.3 Å². The summed E-state index contributed by atoms with van der Waals surface area (Å²) in [6, 6.07) is 1.34. The van der Waals surface area contributed by atoms with E-state index >= 15 is 0 Å². The van der Waals surface area contributed by atoms with Crippen molar-refractivity contribution >= 4 is 21.6 Å². The number of halogens is 2. The van der Waals surface area contributed by atoms with Gasteiger partial charge in [0, 0.05) is 24.7 Å². The summed E-state index contributed by atoms with van der Waals surface area (Å²) in [5.74, 6) is -2.94. The Morgan fingerprint density at radius 2 is 1.81 bits per heavy atom. The molecule has 4 N–H and O–H groups in total. The Labute approximate surface area is 121 Å². The quantitative estimate of drug-likeness (QED) is 0.673. The van der Waals surface area contributed by atoms with Crippen molar-refractivity contribution in [2.75, 3.05) is 12.3 Å². The van der Waals surface area contributed by atoms with Crippen LogP contribution in [0.25, 0.3) is 0 Å². The van der Waals surface area contributed by atoms with E-state index in [0.29, 0.717) is 12.1 Å². The van der Waals surface area contributed by atoms with Crippen LogP contribution in [0.3, 0.4) is 0 Å². The molecule has 1 aromatic rings. The van der Waals surface area contributed by atoms with E-state index in [9.17, 15) is 22.0 Å².